The van der Waals surface area contributed by atoms with Crippen molar-refractivity contribution >= 4 is 22.0 Å². The van der Waals surface area contributed by atoms with E-state index in [0.717, 1.165) is 6.26 Å². The number of carboxylic acids is 1. The number of sulfonamides is 1. The highest BCUT2D eigenvalue weighted by Crippen LogP contribution is 1.81. The van der Waals surface area contributed by atoms with E-state index in [1.165, 1.54) is 0 Å². The van der Waals surface area contributed by atoms with Crippen LogP contribution in [0.3, 0.4) is 0 Å². The van der Waals surface area contributed by atoms with Crippen LogP contribution in [0.2, 0.25) is 0 Å². The van der Waals surface area contributed by atoms with Crippen molar-refractivity contribution in [3.63, 3.8) is 0 Å². The second-order valence-corrected chi connectivity index (χ2v) is 4.97. The van der Waals surface area contributed by atoms with E-state index in [1.807, 2.05) is 5.32 Å². The summed E-state index contributed by atoms with van der Waals surface area (Å²) in [6.07, 6.45) is 0.972. The molecule has 0 saturated heterocycles. The quantitative estimate of drug-likeness (QED) is 0.317. The largest absolute Gasteiger partial charge is 0.480 e. The van der Waals surface area contributed by atoms with Crippen LogP contribution in [0, 0.1) is 0 Å². The summed E-state index contributed by atoms with van der Waals surface area (Å²) in [5.41, 5.74) is 0. The van der Waals surface area contributed by atoms with Gasteiger partial charge in [-0.05, 0) is 0 Å². The highest BCUT2D eigenvalue weighted by molar-refractivity contribution is 7.88. The van der Waals surface area contributed by atoms with Gasteiger partial charge in [0.2, 0.25) is 10.0 Å². The van der Waals surface area contributed by atoms with E-state index >= 15 is 0 Å². The molecule has 10 heteroatoms. The molecule has 1 atom stereocenters. The number of urea groups is 1. The van der Waals surface area contributed by atoms with Gasteiger partial charge in [0.1, 0.15) is 0 Å². The smallest absolute Gasteiger partial charge is 0.328 e. The number of hydrogen-bond donors (Lipinski definition) is 5. The van der Waals surface area contributed by atoms with Crippen LogP contribution in [0.4, 0.5) is 4.79 Å². The van der Waals surface area contributed by atoms with Crippen molar-refractivity contribution < 1.29 is 28.2 Å². The van der Waals surface area contributed by atoms with Crippen molar-refractivity contribution in [3.05, 3.63) is 0 Å². The molecule has 0 rings (SSSR count). The van der Waals surface area contributed by atoms with Crippen molar-refractivity contribution in [3.8, 4) is 0 Å². The number of carbonyl (C=O) groups excluding carboxylic acids is 1. The first-order valence-electron chi connectivity index (χ1n) is 4.59. The maximum atomic E-state index is 11.1. The second-order valence-electron chi connectivity index (χ2n) is 3.14. The molecule has 0 aliphatic heterocycles. The Balaban J connectivity index is 3.84. The fraction of sp³-hybridized carbons (Fsp3) is 0.714. The topological polar surface area (TPSA) is 145 Å². The van der Waals surface area contributed by atoms with E-state index < -0.39 is 34.7 Å². The number of carboxylic acid groups (broad SMARTS) is 1. The molecule has 0 aromatic carbocycles. The van der Waals surface area contributed by atoms with Crippen LogP contribution in [0.1, 0.15) is 0 Å². The molecule has 0 aliphatic carbocycles. The second kappa shape index (κ2) is 7.04. The molecule has 0 bridgehead atoms. The minimum atomic E-state index is -3.32. The zero-order chi connectivity index (χ0) is 13.5. The maximum absolute atomic E-state index is 11.1. The molecular weight excluding hydrogens is 254 g/mol. The highest BCUT2D eigenvalue weighted by Gasteiger charge is 2.18. The van der Waals surface area contributed by atoms with Crippen molar-refractivity contribution in [2.24, 2.45) is 0 Å². The van der Waals surface area contributed by atoms with Crippen molar-refractivity contribution in [1.29, 1.82) is 0 Å². The zero-order valence-corrected chi connectivity index (χ0v) is 9.95. The predicted molar refractivity (Wildman–Crippen MR) is 57.9 cm³/mol. The summed E-state index contributed by atoms with van der Waals surface area (Å²) < 4.78 is 23.4. The normalized spacial score (nSPS) is 12.8. The van der Waals surface area contributed by atoms with Gasteiger partial charge in [-0.25, -0.2) is 22.7 Å². The first-order chi connectivity index (χ1) is 7.76. The third kappa shape index (κ3) is 8.42. The fourth-order valence-electron chi connectivity index (χ4n) is 0.807. The first-order valence-corrected chi connectivity index (χ1v) is 6.48. The molecule has 0 radical (unpaired) electrons. The molecule has 0 aliphatic rings. The number of aliphatic hydroxyl groups is 1. The van der Waals surface area contributed by atoms with E-state index in [-0.39, 0.29) is 13.1 Å². The molecule has 0 spiro atoms. The summed E-state index contributed by atoms with van der Waals surface area (Å²) >= 11 is 0. The monoisotopic (exact) mass is 269 g/mol. The molecular formula is C7H15N3O6S. The van der Waals surface area contributed by atoms with Crippen molar-refractivity contribution in [2.45, 2.75) is 6.04 Å². The summed E-state index contributed by atoms with van der Waals surface area (Å²) in [7, 11) is -3.32. The van der Waals surface area contributed by atoms with Crippen molar-refractivity contribution in [2.75, 3.05) is 26.0 Å². The van der Waals surface area contributed by atoms with Gasteiger partial charge in [-0.15, -0.1) is 0 Å². The van der Waals surface area contributed by atoms with Gasteiger partial charge in [0.05, 0.1) is 12.9 Å². The van der Waals surface area contributed by atoms with Gasteiger partial charge in [0.25, 0.3) is 0 Å². The summed E-state index contributed by atoms with van der Waals surface area (Å²) in [5.74, 6) is -1.36. The lowest BCUT2D eigenvalue weighted by Crippen LogP contribution is -2.49. The molecule has 0 aromatic heterocycles. The van der Waals surface area contributed by atoms with Gasteiger partial charge in [0, 0.05) is 13.1 Å². The van der Waals surface area contributed by atoms with Crippen LogP contribution in [0.15, 0.2) is 0 Å². The fourth-order valence-corrected chi connectivity index (χ4v) is 1.28. The Labute approximate surface area is 98.3 Å². The summed E-state index contributed by atoms with van der Waals surface area (Å²) in [6.45, 7) is -0.746. The number of aliphatic hydroxyl groups excluding tert-OH is 1. The van der Waals surface area contributed by atoms with Gasteiger partial charge in [0.15, 0.2) is 6.04 Å². The zero-order valence-electron chi connectivity index (χ0n) is 9.13. The Hall–Kier alpha value is -1.39. The van der Waals surface area contributed by atoms with Gasteiger partial charge in [-0.1, -0.05) is 0 Å². The summed E-state index contributed by atoms with van der Waals surface area (Å²) in [4.78, 5) is 21.5. The standard InChI is InChI=1S/C7H15N3O6S/c1-17(15,16)9-3-2-8-7(14)10-5(4-11)6(12)13/h5,9,11H,2-4H2,1H3,(H,12,13)(H2,8,10,14)/t5-/m1/s1. The molecule has 5 N–H and O–H groups in total. The van der Waals surface area contributed by atoms with E-state index in [4.69, 9.17) is 10.2 Å². The highest BCUT2D eigenvalue weighted by atomic mass is 32.2. The number of carbonyl (C=O) groups is 2. The van der Waals surface area contributed by atoms with Crippen LogP contribution >= 0.6 is 0 Å². The minimum Gasteiger partial charge on any atom is -0.480 e. The predicted octanol–water partition coefficient (Wildman–Crippen LogP) is -2.72. The lowest BCUT2D eigenvalue weighted by molar-refractivity contribution is -0.140. The van der Waals surface area contributed by atoms with E-state index in [9.17, 15) is 18.0 Å². The number of nitrogens with one attached hydrogen (secondary N) is 3. The Kier molecular flexibility index (Phi) is 6.46. The maximum Gasteiger partial charge on any atom is 0.328 e. The molecule has 0 fully saturated rings. The molecule has 0 heterocycles. The van der Waals surface area contributed by atoms with Gasteiger partial charge >= 0.3 is 12.0 Å². The van der Waals surface area contributed by atoms with Crippen LogP contribution in [-0.4, -0.2) is 62.6 Å². The van der Waals surface area contributed by atoms with Crippen LogP contribution in [-0.2, 0) is 14.8 Å². The Bertz CT molecular complexity index is 368. The number of rotatable bonds is 7. The lowest BCUT2D eigenvalue weighted by atomic mass is 10.3. The Morgan fingerprint density at radius 2 is 1.88 bits per heavy atom. The average Bonchev–Trinajstić information content (AvgIpc) is 2.19. The molecule has 17 heavy (non-hydrogen) atoms. The summed E-state index contributed by atoms with van der Waals surface area (Å²) in [5, 5.41) is 21.3. The number of amides is 2. The van der Waals surface area contributed by atoms with E-state index in [1.54, 1.807) is 0 Å². The average molecular weight is 269 g/mol. The molecule has 9 nitrogen and oxygen atoms in total. The van der Waals surface area contributed by atoms with Crippen LogP contribution in [0.5, 0.6) is 0 Å². The molecule has 100 valence electrons. The van der Waals surface area contributed by atoms with Gasteiger partial charge in [-0.2, -0.15) is 0 Å². The van der Waals surface area contributed by atoms with Gasteiger partial charge in [-0.3, -0.25) is 0 Å². The summed E-state index contributed by atoms with van der Waals surface area (Å²) in [6, 6.07) is -2.19. The Morgan fingerprint density at radius 1 is 1.29 bits per heavy atom. The molecule has 0 saturated carbocycles. The number of aliphatic carboxylic acids is 1. The molecule has 0 aromatic rings. The van der Waals surface area contributed by atoms with Crippen LogP contribution < -0.4 is 15.4 Å². The van der Waals surface area contributed by atoms with Crippen molar-refractivity contribution in [1.82, 2.24) is 15.4 Å². The first kappa shape index (κ1) is 15.6. The number of hydrogen-bond acceptors (Lipinski definition) is 5. The molecule has 2 amide bonds. The Morgan fingerprint density at radius 3 is 2.29 bits per heavy atom. The molecule has 0 unspecified atom stereocenters. The third-order valence-corrected chi connectivity index (χ3v) is 2.29. The lowest BCUT2D eigenvalue weighted by Gasteiger charge is -2.12. The van der Waals surface area contributed by atoms with Crippen LogP contribution in [0.25, 0.3) is 0 Å². The minimum absolute atomic E-state index is 0.00330. The van der Waals surface area contributed by atoms with E-state index in [0.29, 0.717) is 0 Å². The van der Waals surface area contributed by atoms with Gasteiger partial charge < -0.3 is 20.8 Å². The SMILES string of the molecule is CS(=O)(=O)NCCNC(=O)N[C@H](CO)C(=O)O. The third-order valence-electron chi connectivity index (χ3n) is 1.56. The van der Waals surface area contributed by atoms with E-state index in [2.05, 4.69) is 10.0 Å².